The van der Waals surface area contributed by atoms with Gasteiger partial charge in [0.15, 0.2) is 6.61 Å². The Morgan fingerprint density at radius 1 is 1.11 bits per heavy atom. The number of ether oxygens (including phenoxy) is 1. The van der Waals surface area contributed by atoms with Crippen molar-refractivity contribution < 1.29 is 35.9 Å². The van der Waals surface area contributed by atoms with Crippen LogP contribution in [0.3, 0.4) is 0 Å². The van der Waals surface area contributed by atoms with E-state index in [2.05, 4.69) is 9.46 Å². The summed E-state index contributed by atoms with van der Waals surface area (Å²) < 4.78 is 67.5. The highest BCUT2D eigenvalue weighted by Crippen LogP contribution is 2.23. The van der Waals surface area contributed by atoms with Crippen molar-refractivity contribution in [1.29, 1.82) is 0 Å². The van der Waals surface area contributed by atoms with E-state index in [9.17, 15) is 31.2 Å². The zero-order valence-corrected chi connectivity index (χ0v) is 15.1. The van der Waals surface area contributed by atoms with E-state index in [-0.39, 0.29) is 15.5 Å². The van der Waals surface area contributed by atoms with Crippen LogP contribution in [-0.4, -0.2) is 39.6 Å². The molecule has 2 N–H and O–H groups in total. The SMILES string of the molecule is O=C(COC(=O)c1ccccc1NS(=O)(=O)c1cccs1)NCC(F)(F)F. The second-order valence-electron chi connectivity index (χ2n) is 5.05. The summed E-state index contributed by atoms with van der Waals surface area (Å²) in [7, 11) is -3.93. The highest BCUT2D eigenvalue weighted by molar-refractivity contribution is 7.94. The average molecular weight is 422 g/mol. The molecule has 1 aromatic carbocycles. The van der Waals surface area contributed by atoms with Gasteiger partial charge < -0.3 is 10.1 Å². The minimum absolute atomic E-state index is 0.0252. The van der Waals surface area contributed by atoms with Crippen LogP contribution in [0.5, 0.6) is 0 Å². The number of sulfonamides is 1. The van der Waals surface area contributed by atoms with Gasteiger partial charge >= 0.3 is 12.1 Å². The second kappa shape index (κ2) is 8.39. The molecular weight excluding hydrogens is 409 g/mol. The number of benzene rings is 1. The molecule has 0 saturated heterocycles. The molecule has 1 amide bonds. The molecule has 7 nitrogen and oxygen atoms in total. The standard InChI is InChI=1S/C15H13F3N2O5S2/c16-15(17,18)9-19-12(21)8-25-14(22)10-4-1-2-5-11(10)20-27(23,24)13-6-3-7-26-13/h1-7,20H,8-9H2,(H,19,21). The fourth-order valence-corrected chi connectivity index (χ4v) is 3.89. The van der Waals surface area contributed by atoms with Crippen molar-refractivity contribution in [3.8, 4) is 0 Å². The highest BCUT2D eigenvalue weighted by atomic mass is 32.2. The summed E-state index contributed by atoms with van der Waals surface area (Å²) in [6, 6.07) is 8.38. The third kappa shape index (κ3) is 6.25. The van der Waals surface area contributed by atoms with Crippen LogP contribution in [0.2, 0.25) is 0 Å². The van der Waals surface area contributed by atoms with Gasteiger partial charge in [-0.15, -0.1) is 11.3 Å². The first kappa shape index (κ1) is 20.7. The molecule has 0 unspecified atom stereocenters. The number of rotatable bonds is 7. The van der Waals surface area contributed by atoms with Crippen molar-refractivity contribution in [1.82, 2.24) is 5.32 Å². The number of carbonyl (C=O) groups excluding carboxylic acids is 2. The molecule has 0 spiro atoms. The fraction of sp³-hybridized carbons (Fsp3) is 0.200. The molecule has 146 valence electrons. The third-order valence-electron chi connectivity index (χ3n) is 2.97. The summed E-state index contributed by atoms with van der Waals surface area (Å²) >= 11 is 0.973. The number of para-hydroxylation sites is 1. The highest BCUT2D eigenvalue weighted by Gasteiger charge is 2.28. The van der Waals surface area contributed by atoms with Gasteiger partial charge in [-0.3, -0.25) is 9.52 Å². The number of esters is 1. The first-order chi connectivity index (χ1) is 12.6. The quantitative estimate of drug-likeness (QED) is 0.668. The molecule has 2 aromatic rings. The van der Waals surface area contributed by atoms with E-state index in [1.54, 1.807) is 16.8 Å². The van der Waals surface area contributed by atoms with Crippen molar-refractivity contribution in [2.45, 2.75) is 10.4 Å². The maximum atomic E-state index is 12.3. The average Bonchev–Trinajstić information content (AvgIpc) is 3.13. The first-order valence-electron chi connectivity index (χ1n) is 7.24. The number of thiophene rings is 1. The van der Waals surface area contributed by atoms with E-state index in [0.29, 0.717) is 0 Å². The molecule has 12 heteroatoms. The Balaban J connectivity index is 2.04. The topological polar surface area (TPSA) is 102 Å². The molecule has 1 heterocycles. The van der Waals surface area contributed by atoms with E-state index in [4.69, 9.17) is 0 Å². The lowest BCUT2D eigenvalue weighted by Gasteiger charge is -2.12. The summed E-state index contributed by atoms with van der Waals surface area (Å²) in [5.41, 5.74) is -0.284. The van der Waals surface area contributed by atoms with Crippen LogP contribution in [0.4, 0.5) is 18.9 Å². The number of nitrogens with one attached hydrogen (secondary N) is 2. The van der Waals surface area contributed by atoms with Gasteiger partial charge in [-0.25, -0.2) is 13.2 Å². The minimum Gasteiger partial charge on any atom is -0.452 e. The summed E-state index contributed by atoms with van der Waals surface area (Å²) in [6.07, 6.45) is -4.59. The summed E-state index contributed by atoms with van der Waals surface area (Å²) in [5.74, 6) is -2.21. The Bertz CT molecular complexity index is 912. The summed E-state index contributed by atoms with van der Waals surface area (Å²) in [4.78, 5) is 23.4. The Labute approximate surface area is 156 Å². The molecule has 0 saturated carbocycles. The van der Waals surface area contributed by atoms with E-state index < -0.39 is 41.2 Å². The van der Waals surface area contributed by atoms with Crippen molar-refractivity contribution in [3.63, 3.8) is 0 Å². The second-order valence-corrected chi connectivity index (χ2v) is 7.91. The van der Waals surface area contributed by atoms with Gasteiger partial charge in [-0.2, -0.15) is 13.2 Å². The molecule has 0 aliphatic carbocycles. The van der Waals surface area contributed by atoms with Gasteiger partial charge in [0.05, 0.1) is 11.3 Å². The number of alkyl halides is 3. The van der Waals surface area contributed by atoms with Crippen LogP contribution in [0, 0.1) is 0 Å². The van der Waals surface area contributed by atoms with Gasteiger partial charge in [0, 0.05) is 0 Å². The van der Waals surface area contributed by atoms with E-state index in [1.165, 1.54) is 30.3 Å². The smallest absolute Gasteiger partial charge is 0.405 e. The van der Waals surface area contributed by atoms with Crippen LogP contribution < -0.4 is 10.0 Å². The molecule has 2 rings (SSSR count). The summed E-state index contributed by atoms with van der Waals surface area (Å²) in [6.45, 7) is -2.50. The van der Waals surface area contributed by atoms with E-state index >= 15 is 0 Å². The lowest BCUT2D eigenvalue weighted by molar-refractivity contribution is -0.140. The number of hydrogen-bond donors (Lipinski definition) is 2. The molecule has 0 fully saturated rings. The maximum Gasteiger partial charge on any atom is 0.405 e. The molecule has 0 atom stereocenters. The van der Waals surface area contributed by atoms with Crippen LogP contribution in [0.15, 0.2) is 46.0 Å². The molecule has 27 heavy (non-hydrogen) atoms. The van der Waals surface area contributed by atoms with E-state index in [0.717, 1.165) is 11.3 Å². The Morgan fingerprint density at radius 3 is 2.44 bits per heavy atom. The van der Waals surface area contributed by atoms with Crippen LogP contribution in [-0.2, 0) is 19.6 Å². The number of amides is 1. The summed E-state index contributed by atoms with van der Waals surface area (Å²) in [5, 5.41) is 3.11. The zero-order chi connectivity index (χ0) is 20.1. The zero-order valence-electron chi connectivity index (χ0n) is 13.4. The largest absolute Gasteiger partial charge is 0.452 e. The van der Waals surface area contributed by atoms with Crippen molar-refractivity contribution in [2.24, 2.45) is 0 Å². The Hall–Kier alpha value is -2.60. The minimum atomic E-state index is -4.59. The molecule has 0 bridgehead atoms. The molecular formula is C15H13F3N2O5S2. The predicted molar refractivity (Wildman–Crippen MR) is 90.9 cm³/mol. The Kier molecular flexibility index (Phi) is 6.44. The first-order valence-corrected chi connectivity index (χ1v) is 9.61. The van der Waals surface area contributed by atoms with Gasteiger partial charge in [0.1, 0.15) is 10.8 Å². The molecule has 0 aliphatic heterocycles. The Morgan fingerprint density at radius 2 is 1.81 bits per heavy atom. The van der Waals surface area contributed by atoms with Gasteiger partial charge in [0.25, 0.3) is 15.9 Å². The number of hydrogen-bond acceptors (Lipinski definition) is 6. The van der Waals surface area contributed by atoms with Crippen LogP contribution in [0.1, 0.15) is 10.4 Å². The molecule has 0 aliphatic rings. The number of carbonyl (C=O) groups is 2. The van der Waals surface area contributed by atoms with Crippen LogP contribution >= 0.6 is 11.3 Å². The molecule has 1 aromatic heterocycles. The fourth-order valence-electron chi connectivity index (χ4n) is 1.82. The molecule has 0 radical (unpaired) electrons. The van der Waals surface area contributed by atoms with Crippen molar-refractivity contribution >= 4 is 38.9 Å². The number of halogens is 3. The van der Waals surface area contributed by atoms with Gasteiger partial charge in [-0.05, 0) is 23.6 Å². The van der Waals surface area contributed by atoms with Crippen LogP contribution in [0.25, 0.3) is 0 Å². The lowest BCUT2D eigenvalue weighted by Crippen LogP contribution is -2.36. The monoisotopic (exact) mass is 422 g/mol. The lowest BCUT2D eigenvalue weighted by atomic mass is 10.2. The van der Waals surface area contributed by atoms with Gasteiger partial charge in [-0.1, -0.05) is 18.2 Å². The van der Waals surface area contributed by atoms with Crippen molar-refractivity contribution in [3.05, 3.63) is 47.3 Å². The number of anilines is 1. The predicted octanol–water partition coefficient (Wildman–Crippen LogP) is 2.38. The van der Waals surface area contributed by atoms with Gasteiger partial charge in [0.2, 0.25) is 0 Å². The third-order valence-corrected chi connectivity index (χ3v) is 5.73. The maximum absolute atomic E-state index is 12.3. The van der Waals surface area contributed by atoms with E-state index in [1.807, 2.05) is 0 Å². The van der Waals surface area contributed by atoms with Crippen molar-refractivity contribution in [2.75, 3.05) is 17.9 Å². The normalized spacial score (nSPS) is 11.7.